The number of carbonyl (C=O) groups is 2. The van der Waals surface area contributed by atoms with Crippen molar-refractivity contribution in [3.05, 3.63) is 0 Å². The average Bonchev–Trinajstić information content (AvgIpc) is 1.80. The summed E-state index contributed by atoms with van der Waals surface area (Å²) >= 11 is 4.46. The third kappa shape index (κ3) is 7.20. The first-order chi connectivity index (χ1) is 5.31. The number of hydrogen-bond donors (Lipinski definition) is 1. The summed E-state index contributed by atoms with van der Waals surface area (Å²) in [6.07, 6.45) is -2.86. The lowest BCUT2D eigenvalue weighted by molar-refractivity contribution is -0.138. The molecular weight excluding hydrogens is 196 g/mol. The van der Waals surface area contributed by atoms with E-state index in [0.29, 0.717) is 0 Å². The largest absolute Gasteiger partial charge is 0.412 e. The first kappa shape index (κ1) is 11.1. The van der Waals surface area contributed by atoms with Gasteiger partial charge < -0.3 is 10.5 Å². The minimum atomic E-state index is -3.46. The van der Waals surface area contributed by atoms with Gasteiger partial charge in [0.1, 0.15) is 0 Å². The van der Waals surface area contributed by atoms with Crippen LogP contribution in [-0.2, 0) is 9.53 Å². The van der Waals surface area contributed by atoms with Gasteiger partial charge in [-0.2, -0.15) is 8.78 Å². The van der Waals surface area contributed by atoms with Crippen molar-refractivity contribution in [2.24, 2.45) is 5.73 Å². The van der Waals surface area contributed by atoms with Crippen molar-refractivity contribution in [2.45, 2.75) is 18.2 Å². The zero-order chi connectivity index (χ0) is 9.78. The minimum absolute atomic E-state index is 0.653. The molecule has 4 nitrogen and oxygen atoms in total. The Balaban J connectivity index is 3.65. The van der Waals surface area contributed by atoms with Crippen LogP contribution in [0, 0.1) is 0 Å². The molecule has 0 aromatic rings. The van der Waals surface area contributed by atoms with Gasteiger partial charge in [-0.3, -0.25) is 4.79 Å². The molecule has 70 valence electrons. The van der Waals surface area contributed by atoms with Crippen molar-refractivity contribution < 1.29 is 23.1 Å². The van der Waals surface area contributed by atoms with Gasteiger partial charge in [-0.1, -0.05) is 0 Å². The second kappa shape index (κ2) is 4.20. The van der Waals surface area contributed by atoms with Crippen molar-refractivity contribution >= 4 is 23.7 Å². The summed E-state index contributed by atoms with van der Waals surface area (Å²) < 4.78 is 27.5. The molecule has 0 saturated carbocycles. The number of alkyl halides is 3. The molecule has 0 bridgehead atoms. The number of primary amides is 1. The van der Waals surface area contributed by atoms with Crippen LogP contribution in [0.4, 0.5) is 13.6 Å². The van der Waals surface area contributed by atoms with Gasteiger partial charge in [-0.05, 0) is 11.6 Å². The summed E-state index contributed by atoms with van der Waals surface area (Å²) in [7, 11) is 0. The number of esters is 1. The number of amides is 1. The van der Waals surface area contributed by atoms with Gasteiger partial charge in [0.05, 0.1) is 6.42 Å². The Morgan fingerprint density at radius 1 is 1.50 bits per heavy atom. The molecule has 0 radical (unpaired) electrons. The average molecular weight is 202 g/mol. The monoisotopic (exact) mass is 201 g/mol. The smallest absolute Gasteiger partial charge is 0.376 e. The molecule has 0 heterocycles. The fourth-order valence-corrected chi connectivity index (χ4v) is 0.502. The molecule has 0 aromatic carbocycles. The van der Waals surface area contributed by atoms with Gasteiger partial charge in [0.25, 0.3) is 0 Å². The maximum Gasteiger partial charge on any atom is 0.412 e. The number of rotatable bonds is 3. The van der Waals surface area contributed by atoms with Crippen LogP contribution >= 0.6 is 11.6 Å². The third-order valence-electron chi connectivity index (χ3n) is 0.827. The van der Waals surface area contributed by atoms with Crippen LogP contribution in [0.1, 0.15) is 12.8 Å². The van der Waals surface area contributed by atoms with Crippen LogP contribution in [0.5, 0.6) is 0 Å². The normalized spacial score (nSPS) is 10.9. The lowest BCUT2D eigenvalue weighted by atomic mass is 10.3. The molecular formula is C5H6ClF2NO3. The van der Waals surface area contributed by atoms with E-state index in [2.05, 4.69) is 22.1 Å². The van der Waals surface area contributed by atoms with E-state index in [1.165, 1.54) is 0 Å². The molecule has 12 heavy (non-hydrogen) atoms. The van der Waals surface area contributed by atoms with Crippen molar-refractivity contribution in [1.29, 1.82) is 0 Å². The maximum atomic E-state index is 11.9. The maximum absolute atomic E-state index is 11.9. The predicted molar refractivity (Wildman–Crippen MR) is 35.7 cm³/mol. The number of hydrogen-bond acceptors (Lipinski definition) is 3. The van der Waals surface area contributed by atoms with Crippen LogP contribution in [0.2, 0.25) is 0 Å². The third-order valence-corrected chi connectivity index (χ3v) is 1.02. The highest BCUT2D eigenvalue weighted by Crippen LogP contribution is 2.24. The van der Waals surface area contributed by atoms with Crippen molar-refractivity contribution in [3.8, 4) is 0 Å². The highest BCUT2D eigenvalue weighted by molar-refractivity contribution is 6.21. The molecule has 0 atom stereocenters. The van der Waals surface area contributed by atoms with Crippen LogP contribution in [-0.4, -0.2) is 17.4 Å². The Morgan fingerprint density at radius 3 is 2.33 bits per heavy atom. The molecule has 0 aliphatic heterocycles. The van der Waals surface area contributed by atoms with Crippen LogP contribution in [0.3, 0.4) is 0 Å². The van der Waals surface area contributed by atoms with E-state index in [-0.39, 0.29) is 0 Å². The molecule has 0 spiro atoms. The van der Waals surface area contributed by atoms with E-state index < -0.39 is 30.3 Å². The SMILES string of the molecule is NC(=O)OC(=O)CCC(F)(F)Cl. The Morgan fingerprint density at radius 2 is 2.00 bits per heavy atom. The van der Waals surface area contributed by atoms with E-state index in [1.807, 2.05) is 0 Å². The molecule has 7 heteroatoms. The van der Waals surface area contributed by atoms with Gasteiger partial charge in [-0.15, -0.1) is 0 Å². The molecule has 0 unspecified atom stereocenters. The van der Waals surface area contributed by atoms with E-state index in [1.54, 1.807) is 0 Å². The summed E-state index contributed by atoms with van der Waals surface area (Å²) in [4.78, 5) is 20.3. The predicted octanol–water partition coefficient (Wildman–Crippen LogP) is 1.22. The first-order valence-electron chi connectivity index (χ1n) is 2.88. The molecule has 0 fully saturated rings. The minimum Gasteiger partial charge on any atom is -0.376 e. The summed E-state index contributed by atoms with van der Waals surface area (Å²) in [6.45, 7) is 0. The van der Waals surface area contributed by atoms with E-state index >= 15 is 0 Å². The second-order valence-electron chi connectivity index (χ2n) is 1.91. The molecule has 0 saturated heterocycles. The Kier molecular flexibility index (Phi) is 3.88. The summed E-state index contributed by atoms with van der Waals surface area (Å²) in [5.74, 6) is -1.12. The van der Waals surface area contributed by atoms with Gasteiger partial charge >= 0.3 is 17.4 Å². The molecule has 0 aromatic heterocycles. The highest BCUT2D eigenvalue weighted by atomic mass is 35.5. The van der Waals surface area contributed by atoms with E-state index in [0.717, 1.165) is 0 Å². The van der Waals surface area contributed by atoms with Crippen LogP contribution in [0.15, 0.2) is 0 Å². The fourth-order valence-electron chi connectivity index (χ4n) is 0.407. The lowest BCUT2D eigenvalue weighted by Crippen LogP contribution is -2.19. The molecule has 1 amide bonds. The van der Waals surface area contributed by atoms with E-state index in [9.17, 15) is 18.4 Å². The zero-order valence-corrected chi connectivity index (χ0v) is 6.61. The van der Waals surface area contributed by atoms with E-state index in [4.69, 9.17) is 0 Å². The molecule has 2 N–H and O–H groups in total. The number of nitrogens with two attached hydrogens (primary N) is 1. The summed E-state index contributed by atoms with van der Waals surface area (Å²) in [5, 5.41) is -3.46. The highest BCUT2D eigenvalue weighted by Gasteiger charge is 2.26. The molecule has 0 aliphatic rings. The van der Waals surface area contributed by atoms with Crippen LogP contribution < -0.4 is 5.73 Å². The Labute approximate surface area is 71.6 Å². The molecule has 0 aliphatic carbocycles. The van der Waals surface area contributed by atoms with Gasteiger partial charge in [0, 0.05) is 6.42 Å². The topological polar surface area (TPSA) is 69.4 Å². The Hall–Kier alpha value is -0.910. The zero-order valence-electron chi connectivity index (χ0n) is 5.85. The quantitative estimate of drug-likeness (QED) is 0.424. The lowest BCUT2D eigenvalue weighted by Gasteiger charge is -2.05. The van der Waals surface area contributed by atoms with Crippen molar-refractivity contribution in [2.75, 3.05) is 0 Å². The van der Waals surface area contributed by atoms with Crippen molar-refractivity contribution in [3.63, 3.8) is 0 Å². The van der Waals surface area contributed by atoms with Gasteiger partial charge in [-0.25, -0.2) is 4.79 Å². The van der Waals surface area contributed by atoms with Crippen LogP contribution in [0.25, 0.3) is 0 Å². The van der Waals surface area contributed by atoms with Gasteiger partial charge in [0.2, 0.25) is 0 Å². The number of carbonyl (C=O) groups excluding carboxylic acids is 2. The van der Waals surface area contributed by atoms with Crippen molar-refractivity contribution in [1.82, 2.24) is 0 Å². The standard InChI is InChI=1S/C5H6ClF2NO3/c6-5(7,8)2-1-3(10)12-4(9)11/h1-2H2,(H2,9,11). The summed E-state index contributed by atoms with van der Waals surface area (Å²) in [6, 6.07) is 0. The second-order valence-corrected chi connectivity index (χ2v) is 2.46. The number of halogens is 3. The molecule has 0 rings (SSSR count). The Bertz CT molecular complexity index is 192. The first-order valence-corrected chi connectivity index (χ1v) is 3.26. The summed E-state index contributed by atoms with van der Waals surface area (Å²) in [5.41, 5.74) is 4.43. The number of ether oxygens (including phenoxy) is 1. The fraction of sp³-hybridized carbons (Fsp3) is 0.600. The van der Waals surface area contributed by atoms with Gasteiger partial charge in [0.15, 0.2) is 0 Å².